The molecule has 2 saturated heterocycles. The lowest BCUT2D eigenvalue weighted by atomic mass is 9.83. The fraction of sp³-hybridized carbons (Fsp3) is 0.500. The van der Waals surface area contributed by atoms with Gasteiger partial charge >= 0.3 is 6.03 Å². The highest BCUT2D eigenvalue weighted by molar-refractivity contribution is 9.10. The second-order valence-electron chi connectivity index (χ2n) is 9.93. The quantitative estimate of drug-likeness (QED) is 0.382. The maximum atomic E-state index is 13.7. The molecule has 1 aromatic heterocycles. The van der Waals surface area contributed by atoms with E-state index in [4.69, 9.17) is 21.8 Å². The van der Waals surface area contributed by atoms with Gasteiger partial charge in [0.15, 0.2) is 0 Å². The minimum Gasteiger partial charge on any atom is -0.336 e. The van der Waals surface area contributed by atoms with Crippen LogP contribution >= 0.6 is 27.5 Å². The Bertz CT molecular complexity index is 1090. The Balaban J connectivity index is 1.41. The lowest BCUT2D eigenvalue weighted by Gasteiger charge is -2.42. The van der Waals surface area contributed by atoms with Crippen LogP contribution in [0.5, 0.6) is 0 Å². The van der Waals surface area contributed by atoms with E-state index in [1.807, 2.05) is 12.3 Å². The number of carbonyl (C=O) groups excluding carboxylic acids is 2. The molecule has 0 saturated carbocycles. The van der Waals surface area contributed by atoms with E-state index in [1.165, 1.54) is 16.7 Å². The number of aromatic nitrogens is 1. The Kier molecular flexibility index (Phi) is 7.81. The van der Waals surface area contributed by atoms with Crippen molar-refractivity contribution in [2.24, 2.45) is 5.92 Å². The van der Waals surface area contributed by atoms with Crippen molar-refractivity contribution in [3.63, 3.8) is 0 Å². The van der Waals surface area contributed by atoms with Crippen LogP contribution in [-0.4, -0.2) is 70.7 Å². The van der Waals surface area contributed by atoms with Crippen LogP contribution in [0.4, 0.5) is 4.79 Å². The second kappa shape index (κ2) is 11.0. The van der Waals surface area contributed by atoms with Crippen LogP contribution in [0.2, 0.25) is 5.02 Å². The average molecular weight is 577 g/mol. The fourth-order valence-electron chi connectivity index (χ4n) is 5.98. The molecule has 0 spiro atoms. The predicted octanol–water partition coefficient (Wildman–Crippen LogP) is 3.73. The van der Waals surface area contributed by atoms with Gasteiger partial charge in [0.25, 0.3) is 0 Å². The molecule has 2 aromatic rings. The molecule has 1 aliphatic carbocycles. The smallest absolute Gasteiger partial charge is 0.336 e. The summed E-state index contributed by atoms with van der Waals surface area (Å²) < 4.78 is 0.958. The molecule has 1 aromatic carbocycles. The number of carbonyl (C=O) groups is 2. The molecule has 5 rings (SSSR count). The number of halogens is 2. The predicted molar refractivity (Wildman–Crippen MR) is 140 cm³/mol. The molecule has 2 aliphatic heterocycles. The van der Waals surface area contributed by atoms with Gasteiger partial charge < -0.3 is 15.1 Å². The number of likely N-dealkylation sites (tertiary alicyclic amines) is 1. The molecule has 10 heteroatoms. The van der Waals surface area contributed by atoms with Crippen molar-refractivity contribution in [3.05, 3.63) is 62.3 Å². The zero-order valence-corrected chi connectivity index (χ0v) is 22.4. The van der Waals surface area contributed by atoms with E-state index < -0.39 is 6.03 Å². The van der Waals surface area contributed by atoms with Crippen molar-refractivity contribution in [3.8, 4) is 0 Å². The highest BCUT2D eigenvalue weighted by Crippen LogP contribution is 2.39. The van der Waals surface area contributed by atoms with Crippen LogP contribution in [0, 0.1) is 5.92 Å². The van der Waals surface area contributed by atoms with E-state index in [0.29, 0.717) is 32.6 Å². The van der Waals surface area contributed by atoms with Crippen LogP contribution in [0.3, 0.4) is 0 Å². The van der Waals surface area contributed by atoms with Crippen molar-refractivity contribution >= 4 is 39.5 Å². The van der Waals surface area contributed by atoms with Crippen molar-refractivity contribution in [2.45, 2.75) is 44.1 Å². The van der Waals surface area contributed by atoms with Gasteiger partial charge in [0.1, 0.15) is 0 Å². The summed E-state index contributed by atoms with van der Waals surface area (Å²) in [6.07, 6.45) is 5.57. The SMILES string of the molecule is O=C(NO)N1CCC(CC(=O)N2CCNCC2[C@H]2c3ccc(Cl)cc3CCc3cc(Br)cnc32)CC1. The Morgan fingerprint density at radius 3 is 2.72 bits per heavy atom. The topological polar surface area (TPSA) is 97.8 Å². The van der Waals surface area contributed by atoms with E-state index in [2.05, 4.69) is 44.3 Å². The zero-order chi connectivity index (χ0) is 25.2. The molecule has 36 heavy (non-hydrogen) atoms. The Morgan fingerprint density at radius 1 is 1.17 bits per heavy atom. The number of hydrogen-bond donors (Lipinski definition) is 3. The van der Waals surface area contributed by atoms with E-state index in [-0.39, 0.29) is 23.8 Å². The summed E-state index contributed by atoms with van der Waals surface area (Å²) in [6.45, 7) is 3.19. The summed E-state index contributed by atoms with van der Waals surface area (Å²) in [7, 11) is 0. The number of pyridine rings is 1. The summed E-state index contributed by atoms with van der Waals surface area (Å²) >= 11 is 9.97. The molecule has 0 bridgehead atoms. The molecule has 1 unspecified atom stereocenters. The molecule has 3 N–H and O–H groups in total. The van der Waals surface area contributed by atoms with Crippen molar-refractivity contribution in [1.82, 2.24) is 25.6 Å². The summed E-state index contributed by atoms with van der Waals surface area (Å²) in [5.74, 6) is 0.331. The van der Waals surface area contributed by atoms with Gasteiger partial charge in [0.05, 0.1) is 11.7 Å². The van der Waals surface area contributed by atoms with E-state index in [1.54, 1.807) is 10.4 Å². The van der Waals surface area contributed by atoms with Crippen molar-refractivity contribution in [1.29, 1.82) is 0 Å². The third-order valence-electron chi connectivity index (χ3n) is 7.82. The van der Waals surface area contributed by atoms with Crippen LogP contribution in [-0.2, 0) is 17.6 Å². The number of nitrogens with zero attached hydrogens (tertiary/aromatic N) is 3. The van der Waals surface area contributed by atoms with E-state index in [9.17, 15) is 9.59 Å². The molecule has 2 fully saturated rings. The van der Waals surface area contributed by atoms with Gasteiger partial charge in [0, 0.05) is 60.8 Å². The zero-order valence-electron chi connectivity index (χ0n) is 20.1. The van der Waals surface area contributed by atoms with Gasteiger partial charge in [-0.1, -0.05) is 17.7 Å². The molecule has 192 valence electrons. The first-order chi connectivity index (χ1) is 17.4. The van der Waals surface area contributed by atoms with E-state index >= 15 is 0 Å². The molecule has 3 amide bonds. The van der Waals surface area contributed by atoms with Crippen LogP contribution < -0.4 is 10.8 Å². The number of fused-ring (bicyclic) bond motifs is 2. The number of hydroxylamine groups is 1. The molecular formula is C26H31BrClN5O3. The third kappa shape index (κ3) is 5.25. The number of aryl methyl sites for hydroxylation is 2. The van der Waals surface area contributed by atoms with Gasteiger partial charge in [-0.15, -0.1) is 0 Å². The maximum Gasteiger partial charge on any atom is 0.341 e. The first-order valence-electron chi connectivity index (χ1n) is 12.6. The molecule has 3 heterocycles. The van der Waals surface area contributed by atoms with Gasteiger partial charge in [0.2, 0.25) is 5.91 Å². The number of urea groups is 1. The molecule has 0 radical (unpaired) electrons. The molecule has 8 nitrogen and oxygen atoms in total. The summed E-state index contributed by atoms with van der Waals surface area (Å²) in [5.41, 5.74) is 6.35. The number of hydrogen-bond acceptors (Lipinski definition) is 5. The van der Waals surface area contributed by atoms with Gasteiger partial charge in [-0.05, 0) is 82.4 Å². The highest BCUT2D eigenvalue weighted by atomic mass is 79.9. The van der Waals surface area contributed by atoms with Gasteiger partial charge in [-0.3, -0.25) is 15.0 Å². The average Bonchev–Trinajstić information content (AvgIpc) is 3.04. The Labute approximate surface area is 224 Å². The Hall–Kier alpha value is -2.20. The third-order valence-corrected chi connectivity index (χ3v) is 8.48. The normalized spacial score (nSPS) is 22.4. The number of piperazine rings is 1. The second-order valence-corrected chi connectivity index (χ2v) is 11.3. The monoisotopic (exact) mass is 575 g/mol. The molecule has 2 atom stereocenters. The van der Waals surface area contributed by atoms with Crippen LogP contribution in [0.15, 0.2) is 34.9 Å². The first-order valence-corrected chi connectivity index (χ1v) is 13.7. The molecular weight excluding hydrogens is 546 g/mol. The lowest BCUT2D eigenvalue weighted by molar-refractivity contribution is -0.136. The minimum atomic E-state index is -0.480. The number of benzene rings is 1. The van der Waals surface area contributed by atoms with Gasteiger partial charge in [-0.2, -0.15) is 0 Å². The number of rotatable bonds is 3. The largest absolute Gasteiger partial charge is 0.341 e. The first kappa shape index (κ1) is 25.4. The molecule has 3 aliphatic rings. The van der Waals surface area contributed by atoms with E-state index in [0.717, 1.165) is 47.4 Å². The number of piperidine rings is 1. The van der Waals surface area contributed by atoms with Crippen molar-refractivity contribution in [2.75, 3.05) is 32.7 Å². The lowest BCUT2D eigenvalue weighted by Crippen LogP contribution is -2.56. The van der Waals surface area contributed by atoms with Gasteiger partial charge in [-0.25, -0.2) is 10.3 Å². The number of nitrogens with one attached hydrogen (secondary N) is 2. The summed E-state index contributed by atoms with van der Waals surface area (Å²) in [4.78, 5) is 34.0. The van der Waals surface area contributed by atoms with Crippen LogP contribution in [0.25, 0.3) is 0 Å². The number of amides is 3. The van der Waals surface area contributed by atoms with Crippen LogP contribution in [0.1, 0.15) is 47.6 Å². The maximum absolute atomic E-state index is 13.7. The summed E-state index contributed by atoms with van der Waals surface area (Å²) in [6, 6.07) is 7.73. The summed E-state index contributed by atoms with van der Waals surface area (Å²) in [5, 5.41) is 13.1. The Morgan fingerprint density at radius 2 is 1.94 bits per heavy atom. The standard InChI is InChI=1S/C26H31BrClN5O3/c27-19-12-18-2-1-17-13-20(28)3-4-21(17)24(25(18)30-14-19)22-15-29-7-10-33(22)23(34)11-16-5-8-32(9-6-16)26(35)31-36/h3-4,12-14,16,22,24,29,36H,1-2,5-11,15H2,(H,31,35)/t22?,24-/m1/s1. The minimum absolute atomic E-state index is 0.0466. The van der Waals surface area contributed by atoms with Crippen molar-refractivity contribution < 1.29 is 14.8 Å². The highest BCUT2D eigenvalue weighted by Gasteiger charge is 2.39. The fourth-order valence-corrected chi connectivity index (χ4v) is 6.55.